The van der Waals surface area contributed by atoms with E-state index in [4.69, 9.17) is 0 Å². The third-order valence-corrected chi connectivity index (χ3v) is 11.4. The number of benzene rings is 4. The summed E-state index contributed by atoms with van der Waals surface area (Å²) < 4.78 is 5.73. The number of hydrogen-bond donors (Lipinski definition) is 0. The average molecular weight is 509 g/mol. The average Bonchev–Trinajstić information content (AvgIpc) is 3.56. The topological polar surface area (TPSA) is 0 Å². The largest absolute Gasteiger partial charge is 0.140 e. The second kappa shape index (κ2) is 6.58. The molecular formula is C30H20S4. The fraction of sp³-hybridized carbons (Fsp3) is 0.133. The van der Waals surface area contributed by atoms with Crippen molar-refractivity contribution in [3.63, 3.8) is 0 Å². The van der Waals surface area contributed by atoms with E-state index < -0.39 is 0 Å². The Morgan fingerprint density at radius 2 is 0.529 bits per heavy atom. The summed E-state index contributed by atoms with van der Waals surface area (Å²) in [6.45, 7) is 8.95. The maximum Gasteiger partial charge on any atom is 0.0431 e. The first-order chi connectivity index (χ1) is 16.4. The monoisotopic (exact) mass is 508 g/mol. The number of fused-ring (bicyclic) bond motifs is 13. The molecular weight excluding hydrogens is 489 g/mol. The molecule has 0 unspecified atom stereocenters. The van der Waals surface area contributed by atoms with Crippen molar-refractivity contribution in [3.05, 3.63) is 68.0 Å². The van der Waals surface area contributed by atoms with Crippen LogP contribution in [0, 0.1) is 27.7 Å². The second-order valence-corrected chi connectivity index (χ2v) is 14.6. The molecule has 164 valence electrons. The molecule has 0 aliphatic rings. The van der Waals surface area contributed by atoms with E-state index in [1.807, 2.05) is 45.3 Å². The van der Waals surface area contributed by atoms with Gasteiger partial charge in [0.15, 0.2) is 0 Å². The molecule has 34 heavy (non-hydrogen) atoms. The Kier molecular flexibility index (Phi) is 3.83. The molecule has 0 atom stereocenters. The Hall–Kier alpha value is -2.50. The van der Waals surface area contributed by atoms with Crippen LogP contribution in [0.3, 0.4) is 0 Å². The molecule has 0 saturated heterocycles. The molecule has 0 spiro atoms. The number of thiophene rings is 4. The Morgan fingerprint density at radius 3 is 0.765 bits per heavy atom. The van der Waals surface area contributed by atoms with E-state index in [0.717, 1.165) is 0 Å². The standard InChI is InChI=1S/C30H20S4/c1-13-5-19-20-6-14(2)32-28(20)24-10-18-12-26-25(11-17(18)9-23(24)27(19)31-13)29-21(7-15(3)33-29)22-8-16(4)34-30(22)26/h5-12H,1-4H3. The summed E-state index contributed by atoms with van der Waals surface area (Å²) in [5, 5.41) is 14.0. The smallest absolute Gasteiger partial charge is 0.0431 e. The minimum Gasteiger partial charge on any atom is -0.140 e. The van der Waals surface area contributed by atoms with Gasteiger partial charge in [-0.1, -0.05) is 0 Å². The van der Waals surface area contributed by atoms with Gasteiger partial charge >= 0.3 is 0 Å². The van der Waals surface area contributed by atoms with Crippen molar-refractivity contribution < 1.29 is 0 Å². The number of aryl methyl sites for hydroxylation is 4. The maximum atomic E-state index is 2.47. The number of hydrogen-bond acceptors (Lipinski definition) is 4. The van der Waals surface area contributed by atoms with Crippen LogP contribution < -0.4 is 0 Å². The first kappa shape index (κ1) is 19.8. The van der Waals surface area contributed by atoms with Crippen molar-refractivity contribution in [1.82, 2.24) is 0 Å². The van der Waals surface area contributed by atoms with Gasteiger partial charge in [0.25, 0.3) is 0 Å². The van der Waals surface area contributed by atoms with Crippen molar-refractivity contribution in [1.29, 1.82) is 0 Å². The van der Waals surface area contributed by atoms with Crippen molar-refractivity contribution >= 4 is 118 Å². The molecule has 4 heteroatoms. The van der Waals surface area contributed by atoms with Gasteiger partial charge in [-0.2, -0.15) is 0 Å². The fourth-order valence-electron chi connectivity index (χ4n) is 5.76. The van der Waals surface area contributed by atoms with Gasteiger partial charge in [-0.05, 0) is 87.0 Å². The Morgan fingerprint density at radius 1 is 0.324 bits per heavy atom. The first-order valence-corrected chi connectivity index (χ1v) is 14.8. The van der Waals surface area contributed by atoms with Crippen LogP contribution in [0.2, 0.25) is 0 Å². The minimum atomic E-state index is 1.35. The third kappa shape index (κ3) is 2.52. The molecule has 0 bridgehead atoms. The molecule has 4 aromatic heterocycles. The van der Waals surface area contributed by atoms with Crippen LogP contribution in [0.15, 0.2) is 48.5 Å². The Labute approximate surface area is 212 Å². The van der Waals surface area contributed by atoms with Crippen LogP contribution in [-0.4, -0.2) is 0 Å². The molecule has 8 rings (SSSR count). The van der Waals surface area contributed by atoms with E-state index in [0.29, 0.717) is 0 Å². The predicted molar refractivity (Wildman–Crippen MR) is 159 cm³/mol. The van der Waals surface area contributed by atoms with Gasteiger partial charge in [0.1, 0.15) is 0 Å². The van der Waals surface area contributed by atoms with Crippen molar-refractivity contribution in [3.8, 4) is 0 Å². The van der Waals surface area contributed by atoms with E-state index in [-0.39, 0.29) is 0 Å². The molecule has 0 aliphatic carbocycles. The molecule has 0 amide bonds. The molecule has 0 N–H and O–H groups in total. The highest BCUT2D eigenvalue weighted by Gasteiger charge is 2.17. The zero-order chi connectivity index (χ0) is 22.9. The minimum absolute atomic E-state index is 1.35. The third-order valence-electron chi connectivity index (χ3n) is 7.09. The van der Waals surface area contributed by atoms with Crippen molar-refractivity contribution in [2.45, 2.75) is 27.7 Å². The lowest BCUT2D eigenvalue weighted by atomic mass is 9.96. The lowest BCUT2D eigenvalue weighted by Crippen LogP contribution is -1.81. The van der Waals surface area contributed by atoms with Gasteiger partial charge in [-0.15, -0.1) is 45.3 Å². The van der Waals surface area contributed by atoms with Crippen LogP contribution in [0.5, 0.6) is 0 Å². The summed E-state index contributed by atoms with van der Waals surface area (Å²) in [6.07, 6.45) is 0. The zero-order valence-corrected chi connectivity index (χ0v) is 22.5. The van der Waals surface area contributed by atoms with Gasteiger partial charge in [0.2, 0.25) is 0 Å². The lowest BCUT2D eigenvalue weighted by molar-refractivity contribution is 1.65. The van der Waals surface area contributed by atoms with Crippen LogP contribution in [0.4, 0.5) is 0 Å². The van der Waals surface area contributed by atoms with Crippen molar-refractivity contribution in [2.75, 3.05) is 0 Å². The summed E-state index contributed by atoms with van der Waals surface area (Å²) >= 11 is 7.75. The summed E-state index contributed by atoms with van der Waals surface area (Å²) in [4.78, 5) is 5.55. The van der Waals surface area contributed by atoms with E-state index in [2.05, 4.69) is 76.2 Å². The van der Waals surface area contributed by atoms with Crippen LogP contribution >= 0.6 is 45.3 Å². The van der Waals surface area contributed by atoms with Gasteiger partial charge in [0.05, 0.1) is 0 Å². The van der Waals surface area contributed by atoms with Crippen LogP contribution in [0.1, 0.15) is 19.5 Å². The molecule has 0 nitrogen and oxygen atoms in total. The molecule has 0 radical (unpaired) electrons. The molecule has 4 aromatic carbocycles. The Balaban J connectivity index is 1.62. The van der Waals surface area contributed by atoms with Gasteiger partial charge in [0, 0.05) is 81.4 Å². The Bertz CT molecular complexity index is 1850. The number of rotatable bonds is 0. The maximum absolute atomic E-state index is 2.47. The molecule has 4 heterocycles. The van der Waals surface area contributed by atoms with E-state index in [9.17, 15) is 0 Å². The molecule has 8 aromatic rings. The summed E-state index contributed by atoms with van der Waals surface area (Å²) in [5.74, 6) is 0. The SMILES string of the molecule is Cc1cc2c3cc(C)sc3c3cc4cc5c(cc4cc3c2s1)c1sc(C)cc1c1cc(C)sc15. The predicted octanol–water partition coefficient (Wildman–Crippen LogP) is 11.2. The van der Waals surface area contributed by atoms with Gasteiger partial charge in [-0.3, -0.25) is 0 Å². The zero-order valence-electron chi connectivity index (χ0n) is 19.3. The van der Waals surface area contributed by atoms with Gasteiger partial charge in [-0.25, -0.2) is 0 Å². The highest BCUT2D eigenvalue weighted by atomic mass is 32.1. The first-order valence-electron chi connectivity index (χ1n) is 11.5. The summed E-state index contributed by atoms with van der Waals surface area (Å²) in [5.41, 5.74) is 0. The van der Waals surface area contributed by atoms with Gasteiger partial charge < -0.3 is 0 Å². The fourth-order valence-corrected chi connectivity index (χ4v) is 9.98. The van der Waals surface area contributed by atoms with E-state index in [1.165, 1.54) is 92.2 Å². The van der Waals surface area contributed by atoms with E-state index >= 15 is 0 Å². The van der Waals surface area contributed by atoms with Crippen molar-refractivity contribution in [2.24, 2.45) is 0 Å². The molecule has 0 fully saturated rings. The normalized spacial score (nSPS) is 12.7. The summed E-state index contributed by atoms with van der Waals surface area (Å²) in [7, 11) is 0. The highest BCUT2D eigenvalue weighted by molar-refractivity contribution is 7.23. The van der Waals surface area contributed by atoms with Crippen LogP contribution in [0.25, 0.3) is 72.7 Å². The van der Waals surface area contributed by atoms with Crippen LogP contribution in [-0.2, 0) is 0 Å². The molecule has 0 aliphatic heterocycles. The quantitative estimate of drug-likeness (QED) is 0.179. The lowest BCUT2D eigenvalue weighted by Gasteiger charge is -2.09. The highest BCUT2D eigenvalue weighted by Crippen LogP contribution is 2.47. The second-order valence-electron chi connectivity index (χ2n) is 9.54. The van der Waals surface area contributed by atoms with E-state index in [1.54, 1.807) is 0 Å². The summed E-state index contributed by atoms with van der Waals surface area (Å²) in [6, 6.07) is 19.4. The molecule has 0 saturated carbocycles.